The maximum Gasteiger partial charge on any atom is 0.0205 e. The molecule has 18 heavy (non-hydrogen) atoms. The second kappa shape index (κ2) is 9.12. The zero-order valence-corrected chi connectivity index (χ0v) is 11.9. The lowest BCUT2D eigenvalue weighted by Gasteiger charge is -2.15. The van der Waals surface area contributed by atoms with Crippen LogP contribution in [0.15, 0.2) is 24.3 Å². The minimum Gasteiger partial charge on any atom is -0.326 e. The van der Waals surface area contributed by atoms with Crippen molar-refractivity contribution >= 4 is 0 Å². The average Bonchev–Trinajstić information content (AvgIpc) is 2.43. The lowest BCUT2D eigenvalue weighted by atomic mass is 9.99. The van der Waals surface area contributed by atoms with Crippen LogP contribution >= 0.6 is 0 Å². The minimum absolute atomic E-state index is 0.627. The van der Waals surface area contributed by atoms with Crippen LogP contribution in [-0.4, -0.2) is 6.54 Å². The molecule has 102 valence electrons. The van der Waals surface area contributed by atoms with Crippen LogP contribution in [0.25, 0.3) is 0 Å². The van der Waals surface area contributed by atoms with E-state index in [1.54, 1.807) is 0 Å². The number of nitrogens with one attached hydrogen (secondary N) is 1. The number of hydrogen-bond donors (Lipinski definition) is 2. The average molecular weight is 248 g/mol. The maximum absolute atomic E-state index is 5.65. The molecule has 3 N–H and O–H groups in total. The van der Waals surface area contributed by atoms with Gasteiger partial charge in [-0.25, -0.2) is 0 Å². The Balaban J connectivity index is 2.30. The molecule has 0 aromatic heterocycles. The van der Waals surface area contributed by atoms with Crippen LogP contribution in [0, 0.1) is 5.92 Å². The first kappa shape index (κ1) is 15.2. The first-order valence-electron chi connectivity index (χ1n) is 7.28. The number of rotatable bonds is 9. The van der Waals surface area contributed by atoms with Crippen molar-refractivity contribution < 1.29 is 0 Å². The lowest BCUT2D eigenvalue weighted by molar-refractivity contribution is 0.419. The number of unbranched alkanes of at least 4 members (excludes halogenated alkanes) is 1. The van der Waals surface area contributed by atoms with E-state index in [1.807, 2.05) is 0 Å². The molecule has 0 heterocycles. The van der Waals surface area contributed by atoms with E-state index in [0.29, 0.717) is 6.54 Å². The highest BCUT2D eigenvalue weighted by Crippen LogP contribution is 2.11. The van der Waals surface area contributed by atoms with Crippen LogP contribution in [0.4, 0.5) is 0 Å². The zero-order valence-electron chi connectivity index (χ0n) is 11.9. The molecule has 0 spiro atoms. The molecular weight excluding hydrogens is 220 g/mol. The molecule has 1 atom stereocenters. The summed E-state index contributed by atoms with van der Waals surface area (Å²) in [5.74, 6) is 0.822. The SMILES string of the molecule is CCCCC(CC)CNCc1cccc(CN)c1. The summed E-state index contributed by atoms with van der Waals surface area (Å²) < 4.78 is 0. The van der Waals surface area contributed by atoms with Gasteiger partial charge < -0.3 is 11.1 Å². The van der Waals surface area contributed by atoms with E-state index in [0.717, 1.165) is 19.0 Å². The zero-order chi connectivity index (χ0) is 13.2. The number of hydrogen-bond acceptors (Lipinski definition) is 2. The van der Waals surface area contributed by atoms with Gasteiger partial charge in [-0.05, 0) is 30.0 Å². The van der Waals surface area contributed by atoms with Crippen molar-refractivity contribution in [3.05, 3.63) is 35.4 Å². The summed E-state index contributed by atoms with van der Waals surface area (Å²) in [7, 11) is 0. The monoisotopic (exact) mass is 248 g/mol. The molecule has 0 aliphatic carbocycles. The van der Waals surface area contributed by atoms with Gasteiger partial charge in [-0.15, -0.1) is 0 Å². The summed E-state index contributed by atoms with van der Waals surface area (Å²) in [5, 5.41) is 3.57. The van der Waals surface area contributed by atoms with Gasteiger partial charge in [0.25, 0.3) is 0 Å². The largest absolute Gasteiger partial charge is 0.326 e. The molecule has 1 rings (SSSR count). The number of nitrogens with two attached hydrogens (primary N) is 1. The van der Waals surface area contributed by atoms with Crippen molar-refractivity contribution in [1.82, 2.24) is 5.32 Å². The number of benzene rings is 1. The van der Waals surface area contributed by atoms with Gasteiger partial charge in [0.2, 0.25) is 0 Å². The van der Waals surface area contributed by atoms with E-state index < -0.39 is 0 Å². The topological polar surface area (TPSA) is 38.0 Å². The molecule has 0 radical (unpaired) electrons. The van der Waals surface area contributed by atoms with Gasteiger partial charge in [0, 0.05) is 13.1 Å². The third kappa shape index (κ3) is 5.65. The fourth-order valence-corrected chi connectivity index (χ4v) is 2.23. The molecule has 1 aromatic carbocycles. The summed E-state index contributed by atoms with van der Waals surface area (Å²) in [4.78, 5) is 0. The lowest BCUT2D eigenvalue weighted by Crippen LogP contribution is -2.22. The summed E-state index contributed by atoms with van der Waals surface area (Å²) in [6.45, 7) is 7.26. The Morgan fingerprint density at radius 3 is 2.67 bits per heavy atom. The highest BCUT2D eigenvalue weighted by Gasteiger charge is 2.05. The molecule has 1 aromatic rings. The van der Waals surface area contributed by atoms with Crippen LogP contribution in [-0.2, 0) is 13.1 Å². The van der Waals surface area contributed by atoms with E-state index in [1.165, 1.54) is 36.8 Å². The third-order valence-electron chi connectivity index (χ3n) is 3.53. The van der Waals surface area contributed by atoms with Crippen molar-refractivity contribution in [3.63, 3.8) is 0 Å². The fraction of sp³-hybridized carbons (Fsp3) is 0.625. The quantitative estimate of drug-likeness (QED) is 0.702. The van der Waals surface area contributed by atoms with Crippen molar-refractivity contribution in [1.29, 1.82) is 0 Å². The predicted molar refractivity (Wildman–Crippen MR) is 79.3 cm³/mol. The van der Waals surface area contributed by atoms with E-state index in [9.17, 15) is 0 Å². The molecule has 0 saturated heterocycles. The second-order valence-electron chi connectivity index (χ2n) is 5.07. The standard InChI is InChI=1S/C16H28N2/c1-3-5-7-14(4-2)12-18-13-16-9-6-8-15(10-16)11-17/h6,8-10,14,18H,3-5,7,11-13,17H2,1-2H3. The van der Waals surface area contributed by atoms with Gasteiger partial charge in [-0.2, -0.15) is 0 Å². The highest BCUT2D eigenvalue weighted by molar-refractivity contribution is 5.23. The molecular formula is C16H28N2. The van der Waals surface area contributed by atoms with Crippen LogP contribution in [0.3, 0.4) is 0 Å². The molecule has 1 unspecified atom stereocenters. The predicted octanol–water partition coefficient (Wildman–Crippen LogP) is 3.45. The first-order valence-corrected chi connectivity index (χ1v) is 7.28. The Hall–Kier alpha value is -0.860. The maximum atomic E-state index is 5.65. The van der Waals surface area contributed by atoms with Gasteiger partial charge in [0.05, 0.1) is 0 Å². The van der Waals surface area contributed by atoms with Crippen molar-refractivity contribution in [2.24, 2.45) is 11.7 Å². The Kier molecular flexibility index (Phi) is 7.70. The Morgan fingerprint density at radius 1 is 1.22 bits per heavy atom. The molecule has 0 amide bonds. The van der Waals surface area contributed by atoms with Gasteiger partial charge in [0.15, 0.2) is 0 Å². The molecule has 2 nitrogen and oxygen atoms in total. The van der Waals surface area contributed by atoms with Gasteiger partial charge in [0.1, 0.15) is 0 Å². The second-order valence-corrected chi connectivity index (χ2v) is 5.07. The van der Waals surface area contributed by atoms with Gasteiger partial charge in [-0.3, -0.25) is 0 Å². The van der Waals surface area contributed by atoms with E-state index >= 15 is 0 Å². The first-order chi connectivity index (χ1) is 8.80. The molecule has 0 bridgehead atoms. The van der Waals surface area contributed by atoms with Crippen LogP contribution in [0.1, 0.15) is 50.7 Å². The van der Waals surface area contributed by atoms with Crippen molar-refractivity contribution in [3.8, 4) is 0 Å². The van der Waals surface area contributed by atoms with Crippen LogP contribution < -0.4 is 11.1 Å². The minimum atomic E-state index is 0.627. The molecule has 0 fully saturated rings. The van der Waals surface area contributed by atoms with Gasteiger partial charge in [-0.1, -0.05) is 57.4 Å². The van der Waals surface area contributed by atoms with Crippen molar-refractivity contribution in [2.45, 2.75) is 52.6 Å². The highest BCUT2D eigenvalue weighted by atomic mass is 14.9. The molecule has 0 aliphatic rings. The van der Waals surface area contributed by atoms with E-state index in [4.69, 9.17) is 5.73 Å². The van der Waals surface area contributed by atoms with E-state index in [-0.39, 0.29) is 0 Å². The smallest absolute Gasteiger partial charge is 0.0205 e. The summed E-state index contributed by atoms with van der Waals surface area (Å²) in [6, 6.07) is 8.53. The normalized spacial score (nSPS) is 12.6. The summed E-state index contributed by atoms with van der Waals surface area (Å²) in [6.07, 6.45) is 5.27. The fourth-order valence-electron chi connectivity index (χ4n) is 2.23. The van der Waals surface area contributed by atoms with E-state index in [2.05, 4.69) is 43.4 Å². The molecule has 2 heteroatoms. The Morgan fingerprint density at radius 2 is 2.00 bits per heavy atom. The third-order valence-corrected chi connectivity index (χ3v) is 3.53. The van der Waals surface area contributed by atoms with Crippen LogP contribution in [0.5, 0.6) is 0 Å². The Bertz CT molecular complexity index is 323. The Labute approximate surface area is 112 Å². The summed E-state index contributed by atoms with van der Waals surface area (Å²) >= 11 is 0. The van der Waals surface area contributed by atoms with Gasteiger partial charge >= 0.3 is 0 Å². The summed E-state index contributed by atoms with van der Waals surface area (Å²) in [5.41, 5.74) is 8.20. The molecule has 0 aliphatic heterocycles. The van der Waals surface area contributed by atoms with Crippen LogP contribution in [0.2, 0.25) is 0 Å². The molecule has 0 saturated carbocycles. The van der Waals surface area contributed by atoms with Crippen molar-refractivity contribution in [2.75, 3.05) is 6.54 Å².